The quantitative estimate of drug-likeness (QED) is 0.656. The number of nitrogens with one attached hydrogen (secondary N) is 1. The number of amides is 1. The Hall–Kier alpha value is -2.82. The van der Waals surface area contributed by atoms with Gasteiger partial charge in [0.2, 0.25) is 5.91 Å². The van der Waals surface area contributed by atoms with Gasteiger partial charge in [-0.3, -0.25) is 4.79 Å². The lowest BCUT2D eigenvalue weighted by atomic mass is 10.1. The highest BCUT2D eigenvalue weighted by Crippen LogP contribution is 2.21. The van der Waals surface area contributed by atoms with Crippen molar-refractivity contribution < 1.29 is 13.6 Å². The van der Waals surface area contributed by atoms with Crippen molar-refractivity contribution in [3.8, 4) is 11.3 Å². The number of carbonyl (C=O) groups is 1. The molecule has 0 saturated heterocycles. The number of benzene rings is 1. The highest BCUT2D eigenvalue weighted by molar-refractivity contribution is 5.76. The molecule has 1 atom stereocenters. The van der Waals surface area contributed by atoms with E-state index in [2.05, 4.69) is 10.3 Å². The molecule has 1 N–H and O–H groups in total. The lowest BCUT2D eigenvalue weighted by Gasteiger charge is -2.12. The molecular formula is C21H24N2O3. The molecule has 0 fully saturated rings. The van der Waals surface area contributed by atoms with Crippen LogP contribution in [0.15, 0.2) is 57.7 Å². The molecule has 1 amide bonds. The molecule has 3 aromatic rings. The first kappa shape index (κ1) is 18.0. The monoisotopic (exact) mass is 352 g/mol. The van der Waals surface area contributed by atoms with E-state index in [1.807, 2.05) is 50.2 Å². The summed E-state index contributed by atoms with van der Waals surface area (Å²) < 4.78 is 11.1. The van der Waals surface area contributed by atoms with Crippen molar-refractivity contribution in [2.75, 3.05) is 0 Å². The second-order valence-corrected chi connectivity index (χ2v) is 6.57. The maximum absolute atomic E-state index is 12.1. The van der Waals surface area contributed by atoms with E-state index in [1.165, 1.54) is 5.56 Å². The van der Waals surface area contributed by atoms with E-state index >= 15 is 0 Å². The summed E-state index contributed by atoms with van der Waals surface area (Å²) in [5.41, 5.74) is 2.19. The van der Waals surface area contributed by atoms with Gasteiger partial charge >= 0.3 is 0 Å². The van der Waals surface area contributed by atoms with Gasteiger partial charge in [-0.1, -0.05) is 29.8 Å². The molecule has 2 aromatic heterocycles. The summed E-state index contributed by atoms with van der Waals surface area (Å²) in [6.07, 6.45) is 5.88. The van der Waals surface area contributed by atoms with Crippen molar-refractivity contribution >= 4 is 5.91 Å². The maximum atomic E-state index is 12.1. The summed E-state index contributed by atoms with van der Waals surface area (Å²) in [5.74, 6) is 2.26. The van der Waals surface area contributed by atoms with E-state index in [4.69, 9.17) is 8.83 Å². The Labute approximate surface area is 153 Å². The molecule has 1 aromatic carbocycles. The van der Waals surface area contributed by atoms with Crippen LogP contribution in [0, 0.1) is 6.92 Å². The lowest BCUT2D eigenvalue weighted by molar-refractivity contribution is -0.121. The summed E-state index contributed by atoms with van der Waals surface area (Å²) in [6.45, 7) is 4.05. The van der Waals surface area contributed by atoms with Crippen LogP contribution in [-0.2, 0) is 17.6 Å². The Bertz CT molecular complexity index is 819. The van der Waals surface area contributed by atoms with Gasteiger partial charge in [-0.15, -0.1) is 0 Å². The van der Waals surface area contributed by atoms with Gasteiger partial charge in [-0.2, -0.15) is 0 Å². The van der Waals surface area contributed by atoms with Gasteiger partial charge in [0, 0.05) is 30.9 Å². The molecule has 0 bridgehead atoms. The van der Waals surface area contributed by atoms with E-state index < -0.39 is 0 Å². The predicted octanol–water partition coefficient (Wildman–Crippen LogP) is 4.31. The minimum absolute atomic E-state index is 0.00651. The molecule has 5 nitrogen and oxygen atoms in total. The SMILES string of the molecule is Cc1ccc(-c2cnc(CCC(=O)NC(C)CCc3ccco3)o2)cc1. The van der Waals surface area contributed by atoms with Gasteiger partial charge in [0.15, 0.2) is 11.7 Å². The van der Waals surface area contributed by atoms with Crippen molar-refractivity contribution in [3.05, 3.63) is 66.1 Å². The van der Waals surface area contributed by atoms with Crippen LogP contribution in [0.1, 0.15) is 37.0 Å². The highest BCUT2D eigenvalue weighted by atomic mass is 16.4. The van der Waals surface area contributed by atoms with Gasteiger partial charge < -0.3 is 14.2 Å². The second kappa shape index (κ2) is 8.52. The fraction of sp³-hybridized carbons (Fsp3) is 0.333. The van der Waals surface area contributed by atoms with Gasteiger partial charge in [-0.05, 0) is 32.4 Å². The summed E-state index contributed by atoms with van der Waals surface area (Å²) in [5, 5.41) is 3.01. The highest BCUT2D eigenvalue weighted by Gasteiger charge is 2.11. The van der Waals surface area contributed by atoms with Crippen molar-refractivity contribution in [2.45, 2.75) is 45.6 Å². The molecule has 3 rings (SSSR count). The number of aromatic nitrogens is 1. The molecule has 1 unspecified atom stereocenters. The first-order valence-electron chi connectivity index (χ1n) is 8.93. The van der Waals surface area contributed by atoms with Crippen molar-refractivity contribution in [1.29, 1.82) is 0 Å². The third kappa shape index (κ3) is 5.09. The van der Waals surface area contributed by atoms with E-state index in [0.29, 0.717) is 18.7 Å². The van der Waals surface area contributed by atoms with Gasteiger partial charge in [0.25, 0.3) is 0 Å². The molecule has 2 heterocycles. The zero-order chi connectivity index (χ0) is 18.4. The zero-order valence-electron chi connectivity index (χ0n) is 15.2. The molecule has 0 aliphatic heterocycles. The van der Waals surface area contributed by atoms with Crippen LogP contribution in [0.25, 0.3) is 11.3 Å². The second-order valence-electron chi connectivity index (χ2n) is 6.57. The van der Waals surface area contributed by atoms with Gasteiger partial charge in [-0.25, -0.2) is 4.98 Å². The van der Waals surface area contributed by atoms with E-state index in [1.54, 1.807) is 12.5 Å². The van der Waals surface area contributed by atoms with Crippen molar-refractivity contribution in [2.24, 2.45) is 0 Å². The molecule has 0 aliphatic carbocycles. The fourth-order valence-corrected chi connectivity index (χ4v) is 2.73. The number of furan rings is 1. The Morgan fingerprint density at radius 1 is 1.19 bits per heavy atom. The molecule has 0 saturated carbocycles. The molecule has 26 heavy (non-hydrogen) atoms. The smallest absolute Gasteiger partial charge is 0.220 e. The number of rotatable bonds is 8. The standard InChI is InChI=1S/C21H24N2O3/c1-15-5-8-17(9-6-15)19-14-22-21(26-19)12-11-20(24)23-16(2)7-10-18-4-3-13-25-18/h3-6,8-9,13-14,16H,7,10-12H2,1-2H3,(H,23,24). The molecule has 0 spiro atoms. The van der Waals surface area contributed by atoms with Crippen LogP contribution in [0.2, 0.25) is 0 Å². The molecule has 0 aliphatic rings. The Morgan fingerprint density at radius 3 is 2.73 bits per heavy atom. The summed E-state index contributed by atoms with van der Waals surface area (Å²) >= 11 is 0. The van der Waals surface area contributed by atoms with Crippen molar-refractivity contribution in [3.63, 3.8) is 0 Å². The normalized spacial score (nSPS) is 12.1. The lowest BCUT2D eigenvalue weighted by Crippen LogP contribution is -2.33. The number of oxazole rings is 1. The first-order valence-corrected chi connectivity index (χ1v) is 8.93. The fourth-order valence-electron chi connectivity index (χ4n) is 2.73. The van der Waals surface area contributed by atoms with Crippen LogP contribution in [-0.4, -0.2) is 16.9 Å². The molecular weight excluding hydrogens is 328 g/mol. The minimum Gasteiger partial charge on any atom is -0.469 e. The van der Waals surface area contributed by atoms with E-state index in [0.717, 1.165) is 29.9 Å². The van der Waals surface area contributed by atoms with E-state index in [-0.39, 0.29) is 11.9 Å². The summed E-state index contributed by atoms with van der Waals surface area (Å²) in [4.78, 5) is 16.4. The van der Waals surface area contributed by atoms with Crippen LogP contribution in [0.5, 0.6) is 0 Å². The summed E-state index contributed by atoms with van der Waals surface area (Å²) in [7, 11) is 0. The number of nitrogens with zero attached hydrogens (tertiary/aromatic N) is 1. The molecule has 0 radical (unpaired) electrons. The van der Waals surface area contributed by atoms with Crippen LogP contribution < -0.4 is 5.32 Å². The van der Waals surface area contributed by atoms with Gasteiger partial charge in [0.1, 0.15) is 5.76 Å². The Kier molecular flexibility index (Phi) is 5.89. The first-order chi connectivity index (χ1) is 12.6. The zero-order valence-corrected chi connectivity index (χ0v) is 15.2. The van der Waals surface area contributed by atoms with Crippen molar-refractivity contribution in [1.82, 2.24) is 10.3 Å². The number of aryl methyl sites for hydroxylation is 3. The Balaban J connectivity index is 1.43. The van der Waals surface area contributed by atoms with Crippen LogP contribution >= 0.6 is 0 Å². The maximum Gasteiger partial charge on any atom is 0.220 e. The third-order valence-corrected chi connectivity index (χ3v) is 4.27. The molecule has 5 heteroatoms. The number of carbonyl (C=O) groups excluding carboxylic acids is 1. The third-order valence-electron chi connectivity index (χ3n) is 4.27. The predicted molar refractivity (Wildman–Crippen MR) is 99.6 cm³/mol. The molecule has 136 valence electrons. The summed E-state index contributed by atoms with van der Waals surface area (Å²) in [6, 6.07) is 12.0. The number of hydrogen-bond donors (Lipinski definition) is 1. The van der Waals surface area contributed by atoms with Gasteiger partial charge in [0.05, 0.1) is 12.5 Å². The number of hydrogen-bond acceptors (Lipinski definition) is 4. The largest absolute Gasteiger partial charge is 0.469 e. The minimum atomic E-state index is 0.00651. The topological polar surface area (TPSA) is 68.3 Å². The van der Waals surface area contributed by atoms with Crippen LogP contribution in [0.3, 0.4) is 0 Å². The average molecular weight is 352 g/mol. The average Bonchev–Trinajstić information content (AvgIpc) is 3.31. The Morgan fingerprint density at radius 2 is 2.00 bits per heavy atom. The van der Waals surface area contributed by atoms with Crippen LogP contribution in [0.4, 0.5) is 0 Å². The van der Waals surface area contributed by atoms with E-state index in [9.17, 15) is 4.79 Å².